The van der Waals surface area contributed by atoms with E-state index in [1.165, 1.54) is 0 Å². The predicted octanol–water partition coefficient (Wildman–Crippen LogP) is 1.82. The van der Waals surface area contributed by atoms with Crippen LogP contribution >= 0.6 is 0 Å². The Morgan fingerprint density at radius 2 is 2.00 bits per heavy atom. The van der Waals surface area contributed by atoms with Crippen molar-refractivity contribution < 1.29 is 14.3 Å². The maximum absolute atomic E-state index is 12.4. The first-order valence-corrected chi connectivity index (χ1v) is 7.29. The molecule has 0 radical (unpaired) electrons. The van der Waals surface area contributed by atoms with E-state index >= 15 is 0 Å². The van der Waals surface area contributed by atoms with Crippen LogP contribution in [-0.2, 0) is 0 Å². The summed E-state index contributed by atoms with van der Waals surface area (Å²) in [5.41, 5.74) is 0.705. The van der Waals surface area contributed by atoms with E-state index in [0.717, 1.165) is 25.9 Å². The standard InChI is InChI=1S/C16H24N2O3/c1-16(6-8-17-9-7-16)11-18-15(19)13-5-4-12(20-2)10-14(13)21-3/h4-5,10,17H,6-9,11H2,1-3H3,(H,18,19). The molecule has 0 spiro atoms. The molecule has 1 aromatic rings. The lowest BCUT2D eigenvalue weighted by atomic mass is 9.81. The lowest BCUT2D eigenvalue weighted by molar-refractivity contribution is 0.0919. The first-order valence-electron chi connectivity index (χ1n) is 7.29. The molecular formula is C16H24N2O3. The van der Waals surface area contributed by atoms with E-state index in [1.807, 2.05) is 0 Å². The number of rotatable bonds is 5. The van der Waals surface area contributed by atoms with Crippen LogP contribution < -0.4 is 20.1 Å². The summed E-state index contributed by atoms with van der Waals surface area (Å²) in [6.45, 7) is 4.93. The first kappa shape index (κ1) is 15.6. The Balaban J connectivity index is 2.03. The van der Waals surface area contributed by atoms with E-state index in [0.29, 0.717) is 23.6 Å². The first-order chi connectivity index (χ1) is 10.1. The van der Waals surface area contributed by atoms with Crippen LogP contribution in [0.25, 0.3) is 0 Å². The Kier molecular flexibility index (Phi) is 5.07. The summed E-state index contributed by atoms with van der Waals surface area (Å²) in [6, 6.07) is 5.22. The molecule has 0 aromatic heterocycles. The van der Waals surface area contributed by atoms with Gasteiger partial charge in [0.05, 0.1) is 19.8 Å². The lowest BCUT2D eigenvalue weighted by Gasteiger charge is -2.34. The number of benzene rings is 1. The normalized spacial score (nSPS) is 17.1. The molecule has 0 aliphatic carbocycles. The summed E-state index contributed by atoms with van der Waals surface area (Å²) < 4.78 is 10.4. The van der Waals surface area contributed by atoms with Crippen LogP contribution in [0.5, 0.6) is 11.5 Å². The molecule has 5 heteroatoms. The third kappa shape index (κ3) is 3.88. The number of hydrogen-bond acceptors (Lipinski definition) is 4. The van der Waals surface area contributed by atoms with Crippen LogP contribution in [0.15, 0.2) is 18.2 Å². The third-order valence-electron chi connectivity index (χ3n) is 4.14. The maximum atomic E-state index is 12.4. The van der Waals surface area contributed by atoms with Crippen molar-refractivity contribution in [2.24, 2.45) is 5.41 Å². The molecule has 1 amide bonds. The van der Waals surface area contributed by atoms with Gasteiger partial charge in [-0.25, -0.2) is 0 Å². The van der Waals surface area contributed by atoms with E-state index in [-0.39, 0.29) is 11.3 Å². The Morgan fingerprint density at radius 1 is 1.29 bits per heavy atom. The summed E-state index contributed by atoms with van der Waals surface area (Å²) in [5.74, 6) is 1.10. The van der Waals surface area contributed by atoms with Gasteiger partial charge in [0.2, 0.25) is 0 Å². The van der Waals surface area contributed by atoms with Gasteiger partial charge in [0.25, 0.3) is 5.91 Å². The van der Waals surface area contributed by atoms with Crippen molar-refractivity contribution in [2.45, 2.75) is 19.8 Å². The monoisotopic (exact) mass is 292 g/mol. The van der Waals surface area contributed by atoms with Crippen LogP contribution in [-0.4, -0.2) is 39.8 Å². The number of hydrogen-bond donors (Lipinski definition) is 2. The SMILES string of the molecule is COc1ccc(C(=O)NCC2(C)CCNCC2)c(OC)c1. The molecule has 1 heterocycles. The molecular weight excluding hydrogens is 268 g/mol. The van der Waals surface area contributed by atoms with E-state index in [4.69, 9.17) is 9.47 Å². The van der Waals surface area contributed by atoms with Gasteiger partial charge < -0.3 is 20.1 Å². The van der Waals surface area contributed by atoms with Crippen molar-refractivity contribution in [1.82, 2.24) is 10.6 Å². The zero-order valence-electron chi connectivity index (χ0n) is 13.0. The lowest BCUT2D eigenvalue weighted by Crippen LogP contribution is -2.42. The fraction of sp³-hybridized carbons (Fsp3) is 0.562. The molecule has 1 saturated heterocycles. The molecule has 2 N–H and O–H groups in total. The summed E-state index contributed by atoms with van der Waals surface area (Å²) >= 11 is 0. The van der Waals surface area contributed by atoms with Crippen molar-refractivity contribution in [3.05, 3.63) is 23.8 Å². The van der Waals surface area contributed by atoms with Crippen molar-refractivity contribution in [3.63, 3.8) is 0 Å². The maximum Gasteiger partial charge on any atom is 0.255 e. The van der Waals surface area contributed by atoms with E-state index in [9.17, 15) is 4.79 Å². The quantitative estimate of drug-likeness (QED) is 0.869. The van der Waals surface area contributed by atoms with Gasteiger partial charge >= 0.3 is 0 Å². The average Bonchev–Trinajstić information content (AvgIpc) is 2.52. The summed E-state index contributed by atoms with van der Waals surface area (Å²) in [6.07, 6.45) is 2.15. The van der Waals surface area contributed by atoms with Crippen LogP contribution in [0, 0.1) is 5.41 Å². The van der Waals surface area contributed by atoms with Crippen molar-refractivity contribution in [3.8, 4) is 11.5 Å². The molecule has 0 bridgehead atoms. The number of carbonyl (C=O) groups excluding carboxylic acids is 1. The molecule has 5 nitrogen and oxygen atoms in total. The molecule has 116 valence electrons. The molecule has 1 fully saturated rings. The second kappa shape index (κ2) is 6.80. The summed E-state index contributed by atoms with van der Waals surface area (Å²) in [5, 5.41) is 6.38. The minimum Gasteiger partial charge on any atom is -0.497 e. The minimum atomic E-state index is -0.103. The average molecular weight is 292 g/mol. The van der Waals surface area contributed by atoms with Crippen LogP contribution in [0.1, 0.15) is 30.1 Å². The van der Waals surface area contributed by atoms with Gasteiger partial charge in [-0.2, -0.15) is 0 Å². The Hall–Kier alpha value is -1.75. The van der Waals surface area contributed by atoms with Crippen LogP contribution in [0.4, 0.5) is 0 Å². The van der Waals surface area contributed by atoms with Gasteiger partial charge in [-0.1, -0.05) is 6.92 Å². The minimum absolute atomic E-state index is 0.103. The topological polar surface area (TPSA) is 59.6 Å². The summed E-state index contributed by atoms with van der Waals surface area (Å²) in [7, 11) is 3.14. The second-order valence-electron chi connectivity index (χ2n) is 5.81. The van der Waals surface area contributed by atoms with E-state index in [1.54, 1.807) is 32.4 Å². The van der Waals surface area contributed by atoms with Crippen molar-refractivity contribution >= 4 is 5.91 Å². The van der Waals surface area contributed by atoms with Gasteiger partial charge in [0.1, 0.15) is 11.5 Å². The van der Waals surface area contributed by atoms with Crippen LogP contribution in [0.3, 0.4) is 0 Å². The number of carbonyl (C=O) groups is 1. The smallest absolute Gasteiger partial charge is 0.255 e. The van der Waals surface area contributed by atoms with Gasteiger partial charge in [0, 0.05) is 12.6 Å². The number of amides is 1. The molecule has 0 atom stereocenters. The van der Waals surface area contributed by atoms with Crippen molar-refractivity contribution in [2.75, 3.05) is 33.9 Å². The summed E-state index contributed by atoms with van der Waals surface area (Å²) in [4.78, 5) is 12.4. The largest absolute Gasteiger partial charge is 0.497 e. The van der Waals surface area contributed by atoms with E-state index in [2.05, 4.69) is 17.6 Å². The van der Waals surface area contributed by atoms with Crippen LogP contribution in [0.2, 0.25) is 0 Å². The van der Waals surface area contributed by atoms with Gasteiger partial charge in [-0.15, -0.1) is 0 Å². The third-order valence-corrected chi connectivity index (χ3v) is 4.14. The fourth-order valence-corrected chi connectivity index (χ4v) is 2.58. The zero-order chi connectivity index (χ0) is 15.3. The highest BCUT2D eigenvalue weighted by Crippen LogP contribution is 2.28. The Morgan fingerprint density at radius 3 is 2.62 bits per heavy atom. The zero-order valence-corrected chi connectivity index (χ0v) is 13.0. The molecule has 1 aliphatic rings. The molecule has 1 aromatic carbocycles. The number of nitrogens with one attached hydrogen (secondary N) is 2. The number of methoxy groups -OCH3 is 2. The predicted molar refractivity (Wildman–Crippen MR) is 82.1 cm³/mol. The number of ether oxygens (including phenoxy) is 2. The highest BCUT2D eigenvalue weighted by molar-refractivity contribution is 5.97. The molecule has 0 saturated carbocycles. The Labute approximate surface area is 126 Å². The Bertz CT molecular complexity index is 496. The molecule has 21 heavy (non-hydrogen) atoms. The van der Waals surface area contributed by atoms with Gasteiger partial charge in [-0.05, 0) is 43.5 Å². The fourth-order valence-electron chi connectivity index (χ4n) is 2.58. The van der Waals surface area contributed by atoms with Crippen molar-refractivity contribution in [1.29, 1.82) is 0 Å². The molecule has 0 unspecified atom stereocenters. The highest BCUT2D eigenvalue weighted by Gasteiger charge is 2.27. The molecule has 2 rings (SSSR count). The van der Waals surface area contributed by atoms with E-state index < -0.39 is 0 Å². The molecule has 1 aliphatic heterocycles. The highest BCUT2D eigenvalue weighted by atomic mass is 16.5. The number of piperidine rings is 1. The second-order valence-corrected chi connectivity index (χ2v) is 5.81. The van der Waals surface area contributed by atoms with Gasteiger partial charge in [-0.3, -0.25) is 4.79 Å². The van der Waals surface area contributed by atoms with Gasteiger partial charge in [0.15, 0.2) is 0 Å².